The summed E-state index contributed by atoms with van der Waals surface area (Å²) in [5.74, 6) is 0. The molecular formula is C9H12O2S. The molecule has 0 aromatic heterocycles. The highest BCUT2D eigenvalue weighted by atomic mass is 32.2. The van der Waals surface area contributed by atoms with E-state index in [2.05, 4.69) is 11.1 Å². The number of aryl methyl sites for hydroxylation is 1. The van der Waals surface area contributed by atoms with E-state index in [0.717, 1.165) is 11.3 Å². The van der Waals surface area contributed by atoms with Crippen LogP contribution in [0, 0.1) is 0 Å². The van der Waals surface area contributed by atoms with Crippen LogP contribution in [0.25, 0.3) is 0 Å². The van der Waals surface area contributed by atoms with E-state index >= 15 is 0 Å². The lowest BCUT2D eigenvalue weighted by Crippen LogP contribution is -1.92. The number of benzene rings is 1. The molecule has 0 spiro atoms. The van der Waals surface area contributed by atoms with Crippen LogP contribution >= 0.6 is 0 Å². The van der Waals surface area contributed by atoms with Crippen molar-refractivity contribution in [1.82, 2.24) is 0 Å². The van der Waals surface area contributed by atoms with Crippen molar-refractivity contribution in [1.29, 1.82) is 0 Å². The number of hydrogen-bond donors (Lipinski definition) is 0. The first kappa shape index (κ1) is 9.42. The summed E-state index contributed by atoms with van der Waals surface area (Å²) in [6.45, 7) is 2.09. The van der Waals surface area contributed by atoms with Gasteiger partial charge in [-0.1, -0.05) is 19.1 Å². The van der Waals surface area contributed by atoms with Gasteiger partial charge in [-0.25, -0.2) is 4.21 Å². The van der Waals surface area contributed by atoms with Crippen LogP contribution < -0.4 is 0 Å². The van der Waals surface area contributed by atoms with Crippen LogP contribution in [0.4, 0.5) is 0 Å². The molecule has 1 rings (SSSR count). The van der Waals surface area contributed by atoms with Gasteiger partial charge < -0.3 is 0 Å². The molecule has 1 aromatic carbocycles. The Balaban J connectivity index is 2.84. The second-order valence-corrected chi connectivity index (χ2v) is 3.67. The summed E-state index contributed by atoms with van der Waals surface area (Å²) in [4.78, 5) is 0.717. The molecule has 12 heavy (non-hydrogen) atoms. The third-order valence-corrected chi connectivity index (χ3v) is 2.64. The summed E-state index contributed by atoms with van der Waals surface area (Å²) in [5, 5.41) is 0. The van der Waals surface area contributed by atoms with Gasteiger partial charge >= 0.3 is 0 Å². The van der Waals surface area contributed by atoms with Gasteiger partial charge in [-0.15, -0.1) is 0 Å². The van der Waals surface area contributed by atoms with Crippen LogP contribution in [0.5, 0.6) is 0 Å². The van der Waals surface area contributed by atoms with E-state index in [1.54, 1.807) is 0 Å². The molecule has 0 amide bonds. The Hall–Kier alpha value is -0.670. The smallest absolute Gasteiger partial charge is 0.188 e. The van der Waals surface area contributed by atoms with Gasteiger partial charge in [0.05, 0.1) is 12.0 Å². The Bertz CT molecular complexity index is 266. The maximum atomic E-state index is 11.1. The van der Waals surface area contributed by atoms with E-state index in [1.807, 2.05) is 24.3 Å². The predicted molar refractivity (Wildman–Crippen MR) is 49.2 cm³/mol. The molecule has 1 aromatic rings. The summed E-state index contributed by atoms with van der Waals surface area (Å²) < 4.78 is 15.8. The molecule has 1 atom stereocenters. The zero-order valence-electron chi connectivity index (χ0n) is 7.24. The van der Waals surface area contributed by atoms with Crippen molar-refractivity contribution in [2.24, 2.45) is 0 Å². The van der Waals surface area contributed by atoms with Gasteiger partial charge in [0.25, 0.3) is 0 Å². The highest BCUT2D eigenvalue weighted by molar-refractivity contribution is 7.80. The van der Waals surface area contributed by atoms with Gasteiger partial charge in [-0.3, -0.25) is 4.18 Å². The molecule has 1 unspecified atom stereocenters. The zero-order valence-corrected chi connectivity index (χ0v) is 8.06. The lowest BCUT2D eigenvalue weighted by molar-refractivity contribution is 0.445. The lowest BCUT2D eigenvalue weighted by atomic mass is 10.2. The summed E-state index contributed by atoms with van der Waals surface area (Å²) in [7, 11) is 1.43. The standard InChI is InChI=1S/C9H12O2S/c1-3-8-4-6-9(7-5-8)12(10)11-2/h4-7H,3H2,1-2H3. The minimum absolute atomic E-state index is 0.717. The monoisotopic (exact) mass is 184 g/mol. The van der Waals surface area contributed by atoms with Gasteiger partial charge in [0, 0.05) is 0 Å². The Labute approximate surface area is 75.2 Å². The van der Waals surface area contributed by atoms with Crippen LogP contribution in [-0.4, -0.2) is 11.3 Å². The third-order valence-electron chi connectivity index (χ3n) is 1.68. The van der Waals surface area contributed by atoms with E-state index < -0.39 is 11.1 Å². The molecule has 3 heteroatoms. The quantitative estimate of drug-likeness (QED) is 0.717. The molecule has 0 fully saturated rings. The topological polar surface area (TPSA) is 26.3 Å². The molecule has 0 aliphatic heterocycles. The van der Waals surface area contributed by atoms with Gasteiger partial charge in [-0.05, 0) is 24.1 Å². The molecule has 0 bridgehead atoms. The Morgan fingerprint density at radius 2 is 1.92 bits per heavy atom. The van der Waals surface area contributed by atoms with E-state index in [-0.39, 0.29) is 0 Å². The van der Waals surface area contributed by atoms with Crippen molar-refractivity contribution >= 4 is 11.1 Å². The zero-order chi connectivity index (χ0) is 8.97. The average Bonchev–Trinajstić information content (AvgIpc) is 2.17. The molecule has 0 aliphatic rings. The minimum atomic E-state index is -1.30. The first-order valence-electron chi connectivity index (χ1n) is 3.83. The van der Waals surface area contributed by atoms with Gasteiger partial charge in [0.15, 0.2) is 11.1 Å². The van der Waals surface area contributed by atoms with Crippen molar-refractivity contribution in [2.75, 3.05) is 7.11 Å². The van der Waals surface area contributed by atoms with E-state index in [9.17, 15) is 4.21 Å². The van der Waals surface area contributed by atoms with E-state index in [4.69, 9.17) is 0 Å². The SMILES string of the molecule is CCc1ccc(S(=O)OC)cc1. The molecular weight excluding hydrogens is 172 g/mol. The maximum absolute atomic E-state index is 11.1. The molecule has 0 saturated carbocycles. The van der Waals surface area contributed by atoms with Crippen molar-refractivity contribution in [3.63, 3.8) is 0 Å². The van der Waals surface area contributed by atoms with E-state index in [1.165, 1.54) is 12.7 Å². The Morgan fingerprint density at radius 1 is 1.33 bits per heavy atom. The van der Waals surface area contributed by atoms with Crippen molar-refractivity contribution < 1.29 is 8.39 Å². The lowest BCUT2D eigenvalue weighted by Gasteiger charge is -1.99. The first-order valence-corrected chi connectivity index (χ1v) is 4.90. The van der Waals surface area contributed by atoms with Crippen molar-refractivity contribution in [3.05, 3.63) is 29.8 Å². The van der Waals surface area contributed by atoms with Crippen LogP contribution in [0.3, 0.4) is 0 Å². The number of hydrogen-bond acceptors (Lipinski definition) is 2. The van der Waals surface area contributed by atoms with E-state index in [0.29, 0.717) is 0 Å². The fraction of sp³-hybridized carbons (Fsp3) is 0.333. The largest absolute Gasteiger partial charge is 0.290 e. The van der Waals surface area contributed by atoms with Gasteiger partial charge in [0.1, 0.15) is 0 Å². The second-order valence-electron chi connectivity index (χ2n) is 2.40. The van der Waals surface area contributed by atoms with Crippen molar-refractivity contribution in [3.8, 4) is 0 Å². The molecule has 0 saturated heterocycles. The Morgan fingerprint density at radius 3 is 2.33 bits per heavy atom. The normalized spacial score (nSPS) is 12.8. The van der Waals surface area contributed by atoms with Crippen LogP contribution in [-0.2, 0) is 21.7 Å². The summed E-state index contributed by atoms with van der Waals surface area (Å²) in [6, 6.07) is 7.59. The minimum Gasteiger partial charge on any atom is -0.290 e. The molecule has 0 N–H and O–H groups in total. The highest BCUT2D eigenvalue weighted by Gasteiger charge is 2.00. The van der Waals surface area contributed by atoms with Crippen LogP contribution in [0.2, 0.25) is 0 Å². The molecule has 66 valence electrons. The van der Waals surface area contributed by atoms with Gasteiger partial charge in [-0.2, -0.15) is 0 Å². The van der Waals surface area contributed by atoms with Gasteiger partial charge in [0.2, 0.25) is 0 Å². The maximum Gasteiger partial charge on any atom is 0.188 e. The summed E-state index contributed by atoms with van der Waals surface area (Å²) >= 11 is -1.30. The summed E-state index contributed by atoms with van der Waals surface area (Å²) in [6.07, 6.45) is 1.000. The third kappa shape index (κ3) is 2.16. The fourth-order valence-electron chi connectivity index (χ4n) is 0.932. The average molecular weight is 184 g/mol. The molecule has 0 heterocycles. The van der Waals surface area contributed by atoms with Crippen LogP contribution in [0.1, 0.15) is 12.5 Å². The Kier molecular flexibility index (Phi) is 3.44. The molecule has 2 nitrogen and oxygen atoms in total. The predicted octanol–water partition coefficient (Wildman–Crippen LogP) is 1.92. The highest BCUT2D eigenvalue weighted by Crippen LogP contribution is 2.09. The second kappa shape index (κ2) is 4.38. The molecule has 0 aliphatic carbocycles. The number of rotatable bonds is 3. The van der Waals surface area contributed by atoms with Crippen molar-refractivity contribution in [2.45, 2.75) is 18.2 Å². The summed E-state index contributed by atoms with van der Waals surface area (Å²) in [5.41, 5.74) is 1.24. The fourth-order valence-corrected chi connectivity index (χ4v) is 1.48. The molecule has 0 radical (unpaired) electrons. The first-order chi connectivity index (χ1) is 5.77. The van der Waals surface area contributed by atoms with Crippen LogP contribution in [0.15, 0.2) is 29.2 Å².